The first-order valence-corrected chi connectivity index (χ1v) is 8.40. The number of ketones is 1. The summed E-state index contributed by atoms with van der Waals surface area (Å²) in [6.07, 6.45) is 0. The maximum absolute atomic E-state index is 13.1. The van der Waals surface area contributed by atoms with Gasteiger partial charge in [0, 0.05) is 17.7 Å². The van der Waals surface area contributed by atoms with E-state index in [2.05, 4.69) is 4.98 Å². The molecule has 0 N–H and O–H groups in total. The number of halogens is 2. The summed E-state index contributed by atoms with van der Waals surface area (Å²) >= 11 is 2.38. The Bertz CT molecular complexity index is 959. The quantitative estimate of drug-likeness (QED) is 0.288. The molecule has 0 atom stereocenters. The van der Waals surface area contributed by atoms with Crippen LogP contribution in [0.1, 0.15) is 10.4 Å². The van der Waals surface area contributed by atoms with Crippen LogP contribution in [-0.4, -0.2) is 21.4 Å². The van der Waals surface area contributed by atoms with Crippen LogP contribution in [0.3, 0.4) is 0 Å². The monoisotopic (exact) mass is 366 g/mol. The van der Waals surface area contributed by atoms with Gasteiger partial charge in [-0.05, 0) is 24.3 Å². The van der Waals surface area contributed by atoms with Gasteiger partial charge in [0.25, 0.3) is 5.69 Å². The van der Waals surface area contributed by atoms with E-state index in [0.717, 1.165) is 23.9 Å². The highest BCUT2D eigenvalue weighted by Gasteiger charge is 2.14. The number of thioether (sulfide) groups is 1. The smallest absolute Gasteiger partial charge is 0.270 e. The summed E-state index contributed by atoms with van der Waals surface area (Å²) in [5, 5.41) is 10.8. The molecule has 0 aliphatic carbocycles. The first-order chi connectivity index (χ1) is 11.4. The van der Waals surface area contributed by atoms with Crippen LogP contribution < -0.4 is 0 Å². The van der Waals surface area contributed by atoms with Gasteiger partial charge in [0.1, 0.15) is 0 Å². The molecule has 1 heterocycles. The lowest BCUT2D eigenvalue weighted by Crippen LogP contribution is -2.03. The van der Waals surface area contributed by atoms with E-state index >= 15 is 0 Å². The standard InChI is InChI=1S/C15H8F2N2O3S2/c16-10-3-1-8(5-11(10)17)13(20)7-23-15-18-12-4-2-9(19(21)22)6-14(12)24-15/h1-6H,7H2. The second-order valence-corrected chi connectivity index (χ2v) is 6.98. The molecule has 0 amide bonds. The summed E-state index contributed by atoms with van der Waals surface area (Å²) < 4.78 is 27.2. The first kappa shape index (κ1) is 16.5. The minimum Gasteiger partial charge on any atom is -0.293 e. The van der Waals surface area contributed by atoms with Gasteiger partial charge in [-0.3, -0.25) is 14.9 Å². The van der Waals surface area contributed by atoms with E-state index in [9.17, 15) is 23.7 Å². The largest absolute Gasteiger partial charge is 0.293 e. The number of nitro benzene ring substituents is 1. The van der Waals surface area contributed by atoms with Gasteiger partial charge in [-0.25, -0.2) is 13.8 Å². The Morgan fingerprint density at radius 2 is 2.00 bits per heavy atom. The number of hydrogen-bond acceptors (Lipinski definition) is 6. The average Bonchev–Trinajstić information content (AvgIpc) is 2.97. The van der Waals surface area contributed by atoms with Crippen molar-refractivity contribution >= 4 is 44.8 Å². The number of Topliss-reactive ketones (excluding diaryl/α,β-unsaturated/α-hetero) is 1. The van der Waals surface area contributed by atoms with Crippen molar-refractivity contribution in [2.24, 2.45) is 0 Å². The number of fused-ring (bicyclic) bond motifs is 1. The molecule has 24 heavy (non-hydrogen) atoms. The molecule has 0 bridgehead atoms. The van der Waals surface area contributed by atoms with Gasteiger partial charge in [0.15, 0.2) is 21.8 Å². The van der Waals surface area contributed by atoms with Gasteiger partial charge in [0.05, 0.1) is 20.9 Å². The molecule has 1 aromatic heterocycles. The number of nitro groups is 1. The number of carbonyl (C=O) groups is 1. The maximum atomic E-state index is 13.1. The highest BCUT2D eigenvalue weighted by molar-refractivity contribution is 8.01. The van der Waals surface area contributed by atoms with Crippen LogP contribution >= 0.6 is 23.1 Å². The van der Waals surface area contributed by atoms with Gasteiger partial charge < -0.3 is 0 Å². The fourth-order valence-electron chi connectivity index (χ4n) is 1.95. The Morgan fingerprint density at radius 3 is 2.71 bits per heavy atom. The third kappa shape index (κ3) is 3.41. The normalized spacial score (nSPS) is 10.9. The molecule has 0 radical (unpaired) electrons. The molecule has 0 fully saturated rings. The van der Waals surface area contributed by atoms with Gasteiger partial charge >= 0.3 is 0 Å². The number of nitrogens with zero attached hydrogens (tertiary/aromatic N) is 2. The second kappa shape index (κ2) is 6.62. The molecule has 122 valence electrons. The molecular weight excluding hydrogens is 358 g/mol. The van der Waals surface area contributed by atoms with Gasteiger partial charge in [-0.1, -0.05) is 11.8 Å². The van der Waals surface area contributed by atoms with Crippen molar-refractivity contribution in [2.75, 3.05) is 5.75 Å². The lowest BCUT2D eigenvalue weighted by Gasteiger charge is -2.00. The maximum Gasteiger partial charge on any atom is 0.270 e. The first-order valence-electron chi connectivity index (χ1n) is 6.60. The zero-order valence-corrected chi connectivity index (χ0v) is 13.5. The summed E-state index contributed by atoms with van der Waals surface area (Å²) in [5.74, 6) is -2.43. The van der Waals surface area contributed by atoms with Crippen molar-refractivity contribution in [3.63, 3.8) is 0 Å². The summed E-state index contributed by atoms with van der Waals surface area (Å²) in [5.41, 5.74) is 0.659. The zero-order chi connectivity index (χ0) is 17.3. The highest BCUT2D eigenvalue weighted by atomic mass is 32.2. The van der Waals surface area contributed by atoms with Crippen LogP contribution in [0.25, 0.3) is 10.2 Å². The third-order valence-corrected chi connectivity index (χ3v) is 5.29. The number of hydrogen-bond donors (Lipinski definition) is 0. The van der Waals surface area contributed by atoms with Crippen LogP contribution in [0.15, 0.2) is 40.7 Å². The summed E-state index contributed by atoms with van der Waals surface area (Å²) in [4.78, 5) is 26.6. The molecule has 5 nitrogen and oxygen atoms in total. The van der Waals surface area contributed by atoms with E-state index in [1.807, 2.05) is 0 Å². The van der Waals surface area contributed by atoms with Crippen LogP contribution in [0, 0.1) is 21.7 Å². The van der Waals surface area contributed by atoms with Crippen LogP contribution in [0.4, 0.5) is 14.5 Å². The van der Waals surface area contributed by atoms with E-state index in [0.29, 0.717) is 14.6 Å². The summed E-state index contributed by atoms with van der Waals surface area (Å²) in [6.45, 7) is 0. The lowest BCUT2D eigenvalue weighted by molar-refractivity contribution is -0.384. The number of rotatable bonds is 5. The van der Waals surface area contributed by atoms with Gasteiger partial charge in [-0.15, -0.1) is 11.3 Å². The van der Waals surface area contributed by atoms with E-state index < -0.39 is 16.6 Å². The fourth-order valence-corrected chi connectivity index (χ4v) is 3.94. The van der Waals surface area contributed by atoms with Gasteiger partial charge in [-0.2, -0.15) is 0 Å². The van der Waals surface area contributed by atoms with Crippen molar-refractivity contribution in [1.82, 2.24) is 4.98 Å². The second-order valence-electron chi connectivity index (χ2n) is 4.73. The molecular formula is C15H8F2N2O3S2. The van der Waals surface area contributed by atoms with Crippen LogP contribution in [-0.2, 0) is 0 Å². The fraction of sp³-hybridized carbons (Fsp3) is 0.0667. The number of thiazole rings is 1. The topological polar surface area (TPSA) is 73.1 Å². The Morgan fingerprint density at radius 1 is 1.21 bits per heavy atom. The predicted octanol–water partition coefficient (Wildman–Crippen LogP) is 4.46. The van der Waals surface area contributed by atoms with E-state index in [4.69, 9.17) is 0 Å². The number of non-ortho nitro benzene ring substituents is 1. The Kier molecular flexibility index (Phi) is 4.54. The lowest BCUT2D eigenvalue weighted by atomic mass is 10.1. The predicted molar refractivity (Wildman–Crippen MR) is 87.7 cm³/mol. The molecule has 0 saturated carbocycles. The number of benzene rings is 2. The van der Waals surface area contributed by atoms with E-state index in [1.165, 1.54) is 29.5 Å². The van der Waals surface area contributed by atoms with Crippen LogP contribution in [0.2, 0.25) is 0 Å². The molecule has 9 heteroatoms. The molecule has 0 saturated heterocycles. The van der Waals surface area contributed by atoms with Crippen molar-refractivity contribution in [1.29, 1.82) is 0 Å². The van der Waals surface area contributed by atoms with Crippen molar-refractivity contribution in [3.05, 3.63) is 63.7 Å². The Hall–Kier alpha value is -2.39. The van der Waals surface area contributed by atoms with E-state index in [1.54, 1.807) is 6.07 Å². The molecule has 0 unspecified atom stereocenters. The summed E-state index contributed by atoms with van der Waals surface area (Å²) in [6, 6.07) is 7.33. The molecule has 3 aromatic rings. The minimum atomic E-state index is -1.07. The Labute approximate surface area is 142 Å². The molecule has 0 aliphatic heterocycles. The number of carbonyl (C=O) groups excluding carboxylic acids is 1. The average molecular weight is 366 g/mol. The molecule has 3 rings (SSSR count). The van der Waals surface area contributed by atoms with Crippen molar-refractivity contribution in [3.8, 4) is 0 Å². The van der Waals surface area contributed by atoms with E-state index in [-0.39, 0.29) is 22.8 Å². The highest BCUT2D eigenvalue weighted by Crippen LogP contribution is 2.32. The molecule has 0 aliphatic rings. The minimum absolute atomic E-state index is 0.00693. The Balaban J connectivity index is 1.74. The molecule has 2 aromatic carbocycles. The molecule has 0 spiro atoms. The van der Waals surface area contributed by atoms with Crippen LogP contribution in [0.5, 0.6) is 0 Å². The SMILES string of the molecule is O=C(CSc1nc2ccc([N+](=O)[O-])cc2s1)c1ccc(F)c(F)c1. The summed E-state index contributed by atoms with van der Waals surface area (Å²) in [7, 11) is 0. The number of aromatic nitrogens is 1. The van der Waals surface area contributed by atoms with Crippen molar-refractivity contribution in [2.45, 2.75) is 4.34 Å². The zero-order valence-electron chi connectivity index (χ0n) is 11.9. The van der Waals surface area contributed by atoms with Crippen molar-refractivity contribution < 1.29 is 18.5 Å². The third-order valence-electron chi connectivity index (χ3n) is 3.13. The van der Waals surface area contributed by atoms with Gasteiger partial charge in [0.2, 0.25) is 0 Å².